The lowest BCUT2D eigenvalue weighted by Gasteiger charge is -2.30. The van der Waals surface area contributed by atoms with E-state index >= 15 is 0 Å². The Morgan fingerprint density at radius 1 is 1.00 bits per heavy atom. The number of pyridine rings is 1. The molecular weight excluding hydrogens is 503 g/mol. The van der Waals surface area contributed by atoms with Crippen molar-refractivity contribution in [1.82, 2.24) is 14.5 Å². The van der Waals surface area contributed by atoms with Gasteiger partial charge in [-0.05, 0) is 41.0 Å². The normalized spacial score (nSPS) is 13.6. The van der Waals surface area contributed by atoms with Gasteiger partial charge in [-0.15, -0.1) is 0 Å². The number of nitrogens with one attached hydrogen (secondary N) is 1. The van der Waals surface area contributed by atoms with E-state index in [0.29, 0.717) is 27.4 Å². The third-order valence-corrected chi connectivity index (χ3v) is 6.73. The van der Waals surface area contributed by atoms with E-state index in [-0.39, 0.29) is 22.9 Å². The van der Waals surface area contributed by atoms with E-state index in [4.69, 9.17) is 11.6 Å². The van der Waals surface area contributed by atoms with Gasteiger partial charge < -0.3 is 14.7 Å². The Hall–Kier alpha value is -3.88. The summed E-state index contributed by atoms with van der Waals surface area (Å²) < 4.78 is 43.6. The highest BCUT2D eigenvalue weighted by Gasteiger charge is 2.39. The summed E-state index contributed by atoms with van der Waals surface area (Å²) in [5.41, 5.74) is -2.26. The number of aryl methyl sites for hydroxylation is 1. The van der Waals surface area contributed by atoms with Gasteiger partial charge in [0.1, 0.15) is 5.69 Å². The largest absolute Gasteiger partial charge is 0.431 e. The molecule has 5 aromatic rings. The second-order valence-electron chi connectivity index (χ2n) is 8.84. The van der Waals surface area contributed by atoms with Crippen LogP contribution < -0.4 is 5.43 Å². The molecule has 0 aliphatic heterocycles. The molecule has 0 aliphatic rings. The lowest BCUT2D eigenvalue weighted by Crippen LogP contribution is -2.31. The maximum Gasteiger partial charge on any atom is 0.431 e. The molecule has 3 aromatic carbocycles. The van der Waals surface area contributed by atoms with Crippen molar-refractivity contribution in [3.8, 4) is 0 Å². The molecule has 0 spiro atoms. The maximum atomic E-state index is 14.0. The summed E-state index contributed by atoms with van der Waals surface area (Å²) in [6, 6.07) is 19.4. The molecule has 0 saturated heterocycles. The number of benzene rings is 3. The number of aromatic nitrogens is 3. The fourth-order valence-electron chi connectivity index (χ4n) is 4.62. The van der Waals surface area contributed by atoms with Gasteiger partial charge in [0.25, 0.3) is 0 Å². The minimum absolute atomic E-state index is 0.0151. The van der Waals surface area contributed by atoms with Gasteiger partial charge in [0, 0.05) is 35.0 Å². The van der Waals surface area contributed by atoms with Gasteiger partial charge in [-0.2, -0.15) is 13.2 Å². The first-order chi connectivity index (χ1) is 17.6. The number of fused-ring (bicyclic) bond motifs is 1. The van der Waals surface area contributed by atoms with Crippen LogP contribution in [0.15, 0.2) is 90.1 Å². The minimum atomic E-state index is -4.76. The molecular formula is C28H21ClF3N3O2. The molecule has 9 heteroatoms. The van der Waals surface area contributed by atoms with Gasteiger partial charge in [0.15, 0.2) is 11.0 Å². The monoisotopic (exact) mass is 523 g/mol. The van der Waals surface area contributed by atoms with Gasteiger partial charge in [-0.1, -0.05) is 60.1 Å². The number of H-pyrrole nitrogens is 1. The topological polar surface area (TPSA) is 70.9 Å². The van der Waals surface area contributed by atoms with Crippen molar-refractivity contribution in [2.45, 2.75) is 18.2 Å². The second kappa shape index (κ2) is 9.21. The molecule has 0 fully saturated rings. The number of imidazole rings is 1. The summed E-state index contributed by atoms with van der Waals surface area (Å²) in [5.74, 6) is 0. The summed E-state index contributed by atoms with van der Waals surface area (Å²) in [6.07, 6.45) is -1.93. The van der Waals surface area contributed by atoms with E-state index in [1.165, 1.54) is 30.7 Å². The third-order valence-electron chi connectivity index (χ3n) is 6.47. The predicted molar refractivity (Wildman–Crippen MR) is 136 cm³/mol. The lowest BCUT2D eigenvalue weighted by molar-refractivity contribution is -0.141. The lowest BCUT2D eigenvalue weighted by atomic mass is 9.83. The zero-order chi connectivity index (χ0) is 26.4. The Morgan fingerprint density at radius 3 is 2.30 bits per heavy atom. The van der Waals surface area contributed by atoms with E-state index in [9.17, 15) is 23.1 Å². The highest BCUT2D eigenvalue weighted by molar-refractivity contribution is 6.30. The van der Waals surface area contributed by atoms with Crippen LogP contribution in [0.1, 0.15) is 33.6 Å². The summed E-state index contributed by atoms with van der Waals surface area (Å²) in [6.45, 7) is 0. The first-order valence-electron chi connectivity index (χ1n) is 11.3. The third kappa shape index (κ3) is 4.43. The number of halogens is 4. The molecule has 0 radical (unpaired) electrons. The van der Waals surface area contributed by atoms with Crippen LogP contribution in [0.3, 0.4) is 0 Å². The number of rotatable bonds is 5. The number of aliphatic hydroxyl groups is 1. The molecule has 188 valence electrons. The number of hydrogen-bond donors (Lipinski definition) is 2. The van der Waals surface area contributed by atoms with Crippen molar-refractivity contribution in [3.63, 3.8) is 0 Å². The quantitative estimate of drug-likeness (QED) is 0.305. The Morgan fingerprint density at radius 2 is 1.68 bits per heavy atom. The Balaban J connectivity index is 1.77. The van der Waals surface area contributed by atoms with Crippen LogP contribution in [0.2, 0.25) is 5.02 Å². The molecule has 5 rings (SSSR count). The van der Waals surface area contributed by atoms with Crippen molar-refractivity contribution >= 4 is 22.5 Å². The van der Waals surface area contributed by atoms with Crippen LogP contribution in [0.5, 0.6) is 0 Å². The number of alkyl halides is 3. The molecule has 0 saturated carbocycles. The summed E-state index contributed by atoms with van der Waals surface area (Å²) in [4.78, 5) is 20.1. The van der Waals surface area contributed by atoms with Crippen LogP contribution in [-0.2, 0) is 25.2 Å². The van der Waals surface area contributed by atoms with Gasteiger partial charge in [0.05, 0.1) is 18.2 Å². The molecule has 1 unspecified atom stereocenters. The SMILES string of the molecule is Cn1cncc1C(O)(c1ccc(Cl)cc1)c1ccc2[nH]c(C(F)(F)F)c(Cc3ccccc3)c(=O)c2c1. The highest BCUT2D eigenvalue weighted by atomic mass is 35.5. The summed E-state index contributed by atoms with van der Waals surface area (Å²) in [5, 5.41) is 12.6. The average Bonchev–Trinajstić information content (AvgIpc) is 3.31. The minimum Gasteiger partial charge on any atom is -0.374 e. The number of aromatic amines is 1. The predicted octanol–water partition coefficient (Wildman–Crippen LogP) is 5.81. The van der Waals surface area contributed by atoms with E-state index in [1.54, 1.807) is 66.2 Å². The zero-order valence-corrected chi connectivity index (χ0v) is 20.3. The van der Waals surface area contributed by atoms with E-state index < -0.39 is 22.9 Å². The van der Waals surface area contributed by atoms with Gasteiger partial charge in [0.2, 0.25) is 0 Å². The summed E-state index contributed by atoms with van der Waals surface area (Å²) >= 11 is 6.06. The summed E-state index contributed by atoms with van der Waals surface area (Å²) in [7, 11) is 1.71. The average molecular weight is 524 g/mol. The molecule has 0 bridgehead atoms. The molecule has 0 amide bonds. The molecule has 2 heterocycles. The zero-order valence-electron chi connectivity index (χ0n) is 19.6. The molecule has 37 heavy (non-hydrogen) atoms. The molecule has 2 N–H and O–H groups in total. The molecule has 0 aliphatic carbocycles. The highest BCUT2D eigenvalue weighted by Crippen LogP contribution is 2.38. The van der Waals surface area contributed by atoms with E-state index in [0.717, 1.165) is 0 Å². The van der Waals surface area contributed by atoms with Gasteiger partial charge in [-0.3, -0.25) is 4.79 Å². The Bertz CT molecular complexity index is 1640. The van der Waals surface area contributed by atoms with Crippen LogP contribution >= 0.6 is 11.6 Å². The fraction of sp³-hybridized carbons (Fsp3) is 0.143. The smallest absolute Gasteiger partial charge is 0.374 e. The van der Waals surface area contributed by atoms with Crippen LogP contribution in [0.25, 0.3) is 10.9 Å². The first kappa shape index (κ1) is 24.8. The van der Waals surface area contributed by atoms with Crippen LogP contribution in [-0.4, -0.2) is 19.6 Å². The standard InChI is InChI=1S/C28H21ClF3N3O2/c1-35-16-33-15-24(35)27(37,18-7-10-20(29)11-8-18)19-9-12-23-21(14-19)25(36)22(26(34-23)28(30,31)32)13-17-5-3-2-4-6-17/h2-12,14-16,37H,13H2,1H3,(H,34,36). The van der Waals surface area contributed by atoms with Gasteiger partial charge >= 0.3 is 6.18 Å². The number of hydrogen-bond acceptors (Lipinski definition) is 3. The van der Waals surface area contributed by atoms with Gasteiger partial charge in [-0.25, -0.2) is 4.98 Å². The van der Waals surface area contributed by atoms with Crippen molar-refractivity contribution in [2.24, 2.45) is 7.05 Å². The van der Waals surface area contributed by atoms with E-state index in [1.807, 2.05) is 0 Å². The van der Waals surface area contributed by atoms with Crippen molar-refractivity contribution in [3.05, 3.63) is 134 Å². The van der Waals surface area contributed by atoms with Crippen LogP contribution in [0.4, 0.5) is 13.2 Å². The molecule has 5 nitrogen and oxygen atoms in total. The van der Waals surface area contributed by atoms with Crippen molar-refractivity contribution < 1.29 is 18.3 Å². The molecule has 1 atom stereocenters. The van der Waals surface area contributed by atoms with Crippen molar-refractivity contribution in [2.75, 3.05) is 0 Å². The maximum absolute atomic E-state index is 14.0. The Kier molecular flexibility index (Phi) is 6.17. The van der Waals surface area contributed by atoms with Crippen molar-refractivity contribution in [1.29, 1.82) is 0 Å². The second-order valence-corrected chi connectivity index (χ2v) is 9.27. The van der Waals surface area contributed by atoms with Crippen LogP contribution in [0, 0.1) is 0 Å². The fourth-order valence-corrected chi connectivity index (χ4v) is 4.75. The number of nitrogens with zero attached hydrogens (tertiary/aromatic N) is 2. The molecule has 2 aromatic heterocycles. The Labute approximate surface area is 214 Å². The van der Waals surface area contributed by atoms with E-state index in [2.05, 4.69) is 9.97 Å². The first-order valence-corrected chi connectivity index (χ1v) is 11.7.